The van der Waals surface area contributed by atoms with Crippen molar-refractivity contribution in [2.75, 3.05) is 0 Å². The van der Waals surface area contributed by atoms with E-state index in [2.05, 4.69) is 91.0 Å². The summed E-state index contributed by atoms with van der Waals surface area (Å²) in [6.07, 6.45) is 1.23. The Bertz CT molecular complexity index is 676. The van der Waals surface area contributed by atoms with E-state index in [1.807, 2.05) is 0 Å². The Kier molecular flexibility index (Phi) is 3.79. The van der Waals surface area contributed by atoms with Gasteiger partial charge in [-0.1, -0.05) is 98.9 Å². The maximum atomic E-state index is 2.30. The van der Waals surface area contributed by atoms with Crippen molar-refractivity contribution < 1.29 is 0 Å². The fourth-order valence-corrected chi connectivity index (χ4v) is 6.63. The first-order chi connectivity index (χ1) is 10.9. The molecule has 0 aromatic heterocycles. The van der Waals surface area contributed by atoms with Crippen molar-refractivity contribution in [1.29, 1.82) is 0 Å². The molecule has 1 saturated heterocycles. The highest BCUT2D eigenvalue weighted by Gasteiger charge is 2.50. The van der Waals surface area contributed by atoms with Gasteiger partial charge in [-0.2, -0.15) is 0 Å². The van der Waals surface area contributed by atoms with Gasteiger partial charge in [0.15, 0.2) is 0 Å². The van der Waals surface area contributed by atoms with Gasteiger partial charge in [-0.05, 0) is 22.9 Å². The average Bonchev–Trinajstić information content (AvgIpc) is 3.31. The van der Waals surface area contributed by atoms with E-state index in [1.54, 1.807) is 0 Å². The van der Waals surface area contributed by atoms with Crippen molar-refractivity contribution in [1.82, 2.24) is 0 Å². The van der Waals surface area contributed by atoms with Crippen LogP contribution in [-0.2, 0) is 6.16 Å². The summed E-state index contributed by atoms with van der Waals surface area (Å²) >= 11 is 0. The smallest absolute Gasteiger partial charge is 0.0159 e. The van der Waals surface area contributed by atoms with E-state index in [-0.39, 0.29) is 7.92 Å². The van der Waals surface area contributed by atoms with Crippen molar-refractivity contribution in [3.63, 3.8) is 0 Å². The van der Waals surface area contributed by atoms with E-state index in [4.69, 9.17) is 0 Å². The second-order valence-corrected chi connectivity index (χ2v) is 8.33. The van der Waals surface area contributed by atoms with Gasteiger partial charge in [-0.15, -0.1) is 0 Å². The molecule has 1 heteroatoms. The fraction of sp³-hybridized carbons (Fsp3) is 0.143. The van der Waals surface area contributed by atoms with Gasteiger partial charge >= 0.3 is 0 Å². The molecule has 1 aliphatic heterocycles. The van der Waals surface area contributed by atoms with Crippen LogP contribution in [0.2, 0.25) is 0 Å². The zero-order valence-corrected chi connectivity index (χ0v) is 13.4. The van der Waals surface area contributed by atoms with Gasteiger partial charge in [0.25, 0.3) is 0 Å². The van der Waals surface area contributed by atoms with E-state index < -0.39 is 0 Å². The highest BCUT2D eigenvalue weighted by Crippen LogP contribution is 2.86. The topological polar surface area (TPSA) is 0 Å². The maximum absolute atomic E-state index is 2.30. The van der Waals surface area contributed by atoms with Crippen molar-refractivity contribution in [3.8, 4) is 0 Å². The fourth-order valence-electron chi connectivity index (χ4n) is 3.31. The van der Waals surface area contributed by atoms with Crippen molar-refractivity contribution in [2.24, 2.45) is 0 Å². The Morgan fingerprint density at radius 3 is 1.41 bits per heavy atom. The van der Waals surface area contributed by atoms with E-state index in [0.717, 1.165) is 11.3 Å². The summed E-state index contributed by atoms with van der Waals surface area (Å²) in [6, 6.07) is 33.1. The van der Waals surface area contributed by atoms with Crippen LogP contribution in [0.25, 0.3) is 0 Å². The van der Waals surface area contributed by atoms with Gasteiger partial charge in [-0.25, -0.2) is 0 Å². The molecular formula is C21H19P. The zero-order chi connectivity index (χ0) is 14.8. The third-order valence-corrected chi connectivity index (χ3v) is 7.42. The largest absolute Gasteiger partial charge is 0.0849 e. The average molecular weight is 302 g/mol. The van der Waals surface area contributed by atoms with Gasteiger partial charge in [0.2, 0.25) is 0 Å². The first-order valence-electron chi connectivity index (χ1n) is 7.83. The van der Waals surface area contributed by atoms with Gasteiger partial charge < -0.3 is 0 Å². The molecule has 3 aromatic rings. The van der Waals surface area contributed by atoms with E-state index in [9.17, 15) is 0 Å². The van der Waals surface area contributed by atoms with Crippen LogP contribution in [0.4, 0.5) is 0 Å². The van der Waals surface area contributed by atoms with Gasteiger partial charge in [0, 0.05) is 11.3 Å². The van der Waals surface area contributed by atoms with Gasteiger partial charge in [-0.3, -0.25) is 0 Å². The molecule has 1 fully saturated rings. The Balaban J connectivity index is 1.63. The number of hydrogen-bond donors (Lipinski definition) is 0. The maximum Gasteiger partial charge on any atom is 0.0159 e. The lowest BCUT2D eigenvalue weighted by molar-refractivity contribution is 1.03. The van der Waals surface area contributed by atoms with Crippen LogP contribution in [0.1, 0.15) is 28.0 Å². The van der Waals surface area contributed by atoms with E-state index >= 15 is 0 Å². The van der Waals surface area contributed by atoms with Crippen LogP contribution in [0.3, 0.4) is 0 Å². The molecule has 4 rings (SSSR count). The predicted octanol–water partition coefficient (Wildman–Crippen LogP) is 6.16. The van der Waals surface area contributed by atoms with Crippen molar-refractivity contribution in [3.05, 3.63) is 108 Å². The summed E-state index contributed by atoms with van der Waals surface area (Å²) in [5.41, 5.74) is 5.95. The lowest BCUT2D eigenvalue weighted by Gasteiger charge is -2.01. The molecule has 1 aliphatic rings. The first-order valence-corrected chi connectivity index (χ1v) is 9.49. The third-order valence-electron chi connectivity index (χ3n) is 4.41. The van der Waals surface area contributed by atoms with Gasteiger partial charge in [0.1, 0.15) is 0 Å². The standard InChI is InChI=1S/C21H19P/c1-4-10-17(11-5-1)16-22-20(18-12-6-2-7-13-18)21(22)19-14-8-3-9-15-19/h1-15,20-21H,16H2/t20-,21+,22?. The Hall–Kier alpha value is -1.91. The normalized spacial score (nSPS) is 23.2. The second-order valence-electron chi connectivity index (χ2n) is 5.87. The molecule has 0 N–H and O–H groups in total. The van der Waals surface area contributed by atoms with Crippen LogP contribution in [-0.4, -0.2) is 0 Å². The second kappa shape index (κ2) is 6.07. The first kappa shape index (κ1) is 13.7. The molecule has 0 bridgehead atoms. The molecule has 0 nitrogen and oxygen atoms in total. The summed E-state index contributed by atoms with van der Waals surface area (Å²) in [7, 11) is -0.00617. The van der Waals surface area contributed by atoms with Crippen molar-refractivity contribution in [2.45, 2.75) is 17.5 Å². The molecule has 0 spiro atoms. The van der Waals surface area contributed by atoms with Crippen LogP contribution in [0.5, 0.6) is 0 Å². The summed E-state index contributed by atoms with van der Waals surface area (Å²) in [4.78, 5) is 0. The Morgan fingerprint density at radius 2 is 0.955 bits per heavy atom. The van der Waals surface area contributed by atoms with Crippen LogP contribution >= 0.6 is 7.92 Å². The minimum absolute atomic E-state index is 0.00617. The third kappa shape index (κ3) is 2.72. The molecular weight excluding hydrogens is 283 g/mol. The lowest BCUT2D eigenvalue weighted by atomic mass is 10.0. The summed E-state index contributed by atoms with van der Waals surface area (Å²) in [5, 5.41) is 0. The summed E-state index contributed by atoms with van der Waals surface area (Å²) < 4.78 is 0. The van der Waals surface area contributed by atoms with Crippen LogP contribution in [0, 0.1) is 0 Å². The van der Waals surface area contributed by atoms with Crippen molar-refractivity contribution >= 4 is 7.92 Å². The SMILES string of the molecule is c1ccc(CP2[C@H](c3ccccc3)[C@@H]2c2ccccc2)cc1. The van der Waals surface area contributed by atoms with E-state index in [0.29, 0.717) is 0 Å². The van der Waals surface area contributed by atoms with Crippen LogP contribution in [0.15, 0.2) is 91.0 Å². The van der Waals surface area contributed by atoms with Gasteiger partial charge in [0.05, 0.1) is 0 Å². The number of benzene rings is 3. The molecule has 1 heterocycles. The molecule has 0 radical (unpaired) electrons. The van der Waals surface area contributed by atoms with E-state index in [1.165, 1.54) is 22.9 Å². The Labute approximate surface area is 133 Å². The highest BCUT2D eigenvalue weighted by atomic mass is 31.1. The number of rotatable bonds is 4. The highest BCUT2D eigenvalue weighted by molar-refractivity contribution is 7.65. The molecule has 3 aromatic carbocycles. The molecule has 22 heavy (non-hydrogen) atoms. The molecule has 1 unspecified atom stereocenters. The summed E-state index contributed by atoms with van der Waals surface area (Å²) in [6.45, 7) is 0. The molecule has 0 aliphatic carbocycles. The zero-order valence-electron chi connectivity index (χ0n) is 12.5. The lowest BCUT2D eigenvalue weighted by Crippen LogP contribution is -1.82. The van der Waals surface area contributed by atoms with Crippen LogP contribution < -0.4 is 0 Å². The molecule has 108 valence electrons. The predicted molar refractivity (Wildman–Crippen MR) is 95.4 cm³/mol. The summed E-state index contributed by atoms with van der Waals surface area (Å²) in [5.74, 6) is 0. The monoisotopic (exact) mass is 302 g/mol. The molecule has 0 saturated carbocycles. The minimum Gasteiger partial charge on any atom is -0.0849 e. The Morgan fingerprint density at radius 1 is 0.545 bits per heavy atom. The molecule has 0 amide bonds. The number of hydrogen-bond acceptors (Lipinski definition) is 0. The quantitative estimate of drug-likeness (QED) is 0.506. The molecule has 3 atom stereocenters. The minimum atomic E-state index is -0.00617.